The molecule has 0 saturated carbocycles. The molecule has 0 N–H and O–H groups in total. The van der Waals surface area contributed by atoms with Gasteiger partial charge in [-0.15, -0.1) is 6.42 Å². The molecule has 1 unspecified atom stereocenters. The summed E-state index contributed by atoms with van der Waals surface area (Å²) in [5, 5.41) is 0. The summed E-state index contributed by atoms with van der Waals surface area (Å²) in [5.41, 5.74) is -1.04. The minimum atomic E-state index is -0.525. The first-order valence-corrected chi connectivity index (χ1v) is 6.13. The van der Waals surface area contributed by atoms with E-state index in [0.29, 0.717) is 19.5 Å². The molecule has 0 aromatic carbocycles. The lowest BCUT2D eigenvalue weighted by Gasteiger charge is -2.26. The number of likely N-dealkylation sites (tertiary alicyclic amines) is 1. The van der Waals surface area contributed by atoms with Crippen molar-refractivity contribution in [1.82, 2.24) is 4.90 Å². The molecule has 1 fully saturated rings. The molecule has 0 bridgehead atoms. The Balaban J connectivity index is 2.64. The Bertz CT molecular complexity index is 389. The third-order valence-corrected chi connectivity index (χ3v) is 3.06. The van der Waals surface area contributed by atoms with E-state index in [1.54, 1.807) is 4.90 Å². The molecule has 0 spiro atoms. The van der Waals surface area contributed by atoms with Gasteiger partial charge < -0.3 is 9.64 Å². The lowest BCUT2D eigenvalue weighted by atomic mass is 9.83. The van der Waals surface area contributed by atoms with E-state index in [0.717, 1.165) is 0 Å². The fourth-order valence-corrected chi connectivity index (χ4v) is 1.98. The number of rotatable bonds is 2. The first kappa shape index (κ1) is 14.6. The summed E-state index contributed by atoms with van der Waals surface area (Å²) >= 11 is 0. The maximum Gasteiger partial charge on any atom is 0.410 e. The molecule has 4 nitrogen and oxygen atoms in total. The average molecular weight is 251 g/mol. The van der Waals surface area contributed by atoms with Gasteiger partial charge in [0.15, 0.2) is 5.78 Å². The van der Waals surface area contributed by atoms with Crippen LogP contribution in [0.1, 0.15) is 40.5 Å². The summed E-state index contributed by atoms with van der Waals surface area (Å²) in [6, 6.07) is 0. The fourth-order valence-electron chi connectivity index (χ4n) is 1.98. The van der Waals surface area contributed by atoms with E-state index in [1.165, 1.54) is 0 Å². The highest BCUT2D eigenvalue weighted by Crippen LogP contribution is 2.32. The molecule has 1 saturated heterocycles. The van der Waals surface area contributed by atoms with Crippen molar-refractivity contribution in [2.75, 3.05) is 13.1 Å². The van der Waals surface area contributed by atoms with Gasteiger partial charge in [0.2, 0.25) is 0 Å². The van der Waals surface area contributed by atoms with Crippen LogP contribution in [0.4, 0.5) is 4.79 Å². The van der Waals surface area contributed by atoms with E-state index in [4.69, 9.17) is 11.2 Å². The summed E-state index contributed by atoms with van der Waals surface area (Å²) in [6.07, 6.45) is 5.57. The molecule has 18 heavy (non-hydrogen) atoms. The van der Waals surface area contributed by atoms with Gasteiger partial charge in [-0.2, -0.15) is 0 Å². The quantitative estimate of drug-likeness (QED) is 0.707. The van der Waals surface area contributed by atoms with E-state index in [2.05, 4.69) is 5.92 Å². The van der Waals surface area contributed by atoms with Crippen LogP contribution in [0.2, 0.25) is 0 Å². The van der Waals surface area contributed by atoms with Gasteiger partial charge in [0.25, 0.3) is 0 Å². The zero-order chi connectivity index (χ0) is 14.0. The smallest absolute Gasteiger partial charge is 0.410 e. The number of carbonyl (C=O) groups excluding carboxylic acids is 2. The Morgan fingerprint density at radius 2 is 2.06 bits per heavy atom. The van der Waals surface area contributed by atoms with Crippen LogP contribution < -0.4 is 0 Å². The van der Waals surface area contributed by atoms with Crippen molar-refractivity contribution in [1.29, 1.82) is 0 Å². The molecule has 1 atom stereocenters. The van der Waals surface area contributed by atoms with Crippen LogP contribution in [-0.4, -0.2) is 35.5 Å². The number of Topliss-reactive ketones (excluding diaryl/α,β-unsaturated/α-hetero) is 1. The van der Waals surface area contributed by atoms with Crippen LogP contribution in [0, 0.1) is 17.8 Å². The van der Waals surface area contributed by atoms with Crippen molar-refractivity contribution in [2.45, 2.75) is 46.1 Å². The Kier molecular flexibility index (Phi) is 4.05. The molecule has 1 aliphatic rings. The van der Waals surface area contributed by atoms with Crippen LogP contribution in [0.25, 0.3) is 0 Å². The van der Waals surface area contributed by atoms with E-state index >= 15 is 0 Å². The maximum atomic E-state index is 11.9. The first-order valence-electron chi connectivity index (χ1n) is 6.13. The van der Waals surface area contributed by atoms with Crippen molar-refractivity contribution in [3.05, 3.63) is 0 Å². The van der Waals surface area contributed by atoms with Crippen molar-refractivity contribution in [3.8, 4) is 12.3 Å². The van der Waals surface area contributed by atoms with E-state index in [-0.39, 0.29) is 18.3 Å². The number of ether oxygens (including phenoxy) is 1. The highest BCUT2D eigenvalue weighted by Gasteiger charge is 2.42. The molecule has 100 valence electrons. The molecule has 1 rings (SSSR count). The summed E-state index contributed by atoms with van der Waals surface area (Å²) in [5.74, 6) is 2.39. The average Bonchev–Trinajstić information content (AvgIpc) is 2.60. The van der Waals surface area contributed by atoms with Gasteiger partial charge in [-0.3, -0.25) is 4.79 Å². The largest absolute Gasteiger partial charge is 0.444 e. The molecule has 1 amide bonds. The molecular weight excluding hydrogens is 230 g/mol. The van der Waals surface area contributed by atoms with Gasteiger partial charge in [-0.05, 0) is 27.2 Å². The second kappa shape index (κ2) is 5.01. The molecule has 0 aromatic heterocycles. The predicted octanol–water partition coefficient (Wildman–Crippen LogP) is 2.23. The highest BCUT2D eigenvalue weighted by atomic mass is 16.6. The SMILES string of the molecule is C#CCC(=O)C1(C)CCN(C(=O)OC(C)(C)C)C1. The molecule has 0 aliphatic carbocycles. The second-order valence-corrected chi connectivity index (χ2v) is 6.02. The molecule has 1 heterocycles. The van der Waals surface area contributed by atoms with Crippen LogP contribution in [0.15, 0.2) is 0 Å². The van der Waals surface area contributed by atoms with Crippen LogP contribution >= 0.6 is 0 Å². The number of hydrogen-bond acceptors (Lipinski definition) is 3. The van der Waals surface area contributed by atoms with Crippen LogP contribution in [-0.2, 0) is 9.53 Å². The Labute approximate surface area is 109 Å². The lowest BCUT2D eigenvalue weighted by Crippen LogP contribution is -2.38. The van der Waals surface area contributed by atoms with Crippen molar-refractivity contribution in [2.24, 2.45) is 5.41 Å². The number of carbonyl (C=O) groups is 2. The summed E-state index contributed by atoms with van der Waals surface area (Å²) in [7, 11) is 0. The lowest BCUT2D eigenvalue weighted by molar-refractivity contribution is -0.126. The molecule has 4 heteroatoms. The fraction of sp³-hybridized carbons (Fsp3) is 0.714. The van der Waals surface area contributed by atoms with Crippen molar-refractivity contribution >= 4 is 11.9 Å². The predicted molar refractivity (Wildman–Crippen MR) is 69.0 cm³/mol. The van der Waals surface area contributed by atoms with Gasteiger partial charge in [-0.25, -0.2) is 4.79 Å². The second-order valence-electron chi connectivity index (χ2n) is 6.02. The number of ketones is 1. The topological polar surface area (TPSA) is 46.6 Å². The van der Waals surface area contributed by atoms with Gasteiger partial charge in [0.1, 0.15) is 5.60 Å². The van der Waals surface area contributed by atoms with Gasteiger partial charge >= 0.3 is 6.09 Å². The van der Waals surface area contributed by atoms with Crippen molar-refractivity contribution in [3.63, 3.8) is 0 Å². The third kappa shape index (κ3) is 3.49. The highest BCUT2D eigenvalue weighted by molar-refractivity contribution is 5.87. The van der Waals surface area contributed by atoms with E-state index < -0.39 is 11.0 Å². The van der Waals surface area contributed by atoms with Crippen molar-refractivity contribution < 1.29 is 14.3 Å². The summed E-state index contributed by atoms with van der Waals surface area (Å²) in [6.45, 7) is 8.26. The monoisotopic (exact) mass is 251 g/mol. The number of nitrogens with zero attached hydrogens (tertiary/aromatic N) is 1. The van der Waals surface area contributed by atoms with Crippen LogP contribution in [0.5, 0.6) is 0 Å². The van der Waals surface area contributed by atoms with Gasteiger partial charge in [0, 0.05) is 18.5 Å². The number of terminal acetylenes is 1. The Morgan fingerprint density at radius 1 is 1.44 bits per heavy atom. The summed E-state index contributed by atoms with van der Waals surface area (Å²) < 4.78 is 5.29. The van der Waals surface area contributed by atoms with E-state index in [9.17, 15) is 9.59 Å². The molecule has 0 aromatic rings. The van der Waals surface area contributed by atoms with Gasteiger partial charge in [0.05, 0.1) is 6.42 Å². The van der Waals surface area contributed by atoms with Gasteiger partial charge in [-0.1, -0.05) is 12.8 Å². The molecule has 0 radical (unpaired) electrons. The minimum absolute atomic E-state index is 0.0241. The number of amides is 1. The maximum absolute atomic E-state index is 11.9. The summed E-state index contributed by atoms with van der Waals surface area (Å²) in [4.78, 5) is 25.4. The molecular formula is C14H21NO3. The van der Waals surface area contributed by atoms with E-state index in [1.807, 2.05) is 27.7 Å². The van der Waals surface area contributed by atoms with Crippen LogP contribution in [0.3, 0.4) is 0 Å². The normalized spacial score (nSPS) is 23.6. The molecule has 1 aliphatic heterocycles. The first-order chi connectivity index (χ1) is 8.18. The zero-order valence-corrected chi connectivity index (χ0v) is 11.6. The Morgan fingerprint density at radius 3 is 2.56 bits per heavy atom. The third-order valence-electron chi connectivity index (χ3n) is 3.06. The minimum Gasteiger partial charge on any atom is -0.444 e. The standard InChI is InChI=1S/C14H21NO3/c1-6-7-11(16)14(5)8-9-15(10-14)12(17)18-13(2,3)4/h1H,7-10H2,2-5H3. The zero-order valence-electron chi connectivity index (χ0n) is 11.6. The number of hydrogen-bond donors (Lipinski definition) is 0. The Hall–Kier alpha value is -1.50.